The molecule has 0 saturated heterocycles. The predicted octanol–water partition coefficient (Wildman–Crippen LogP) is 7.39. The van der Waals surface area contributed by atoms with Gasteiger partial charge in [0.1, 0.15) is 0 Å². The van der Waals surface area contributed by atoms with Crippen LogP contribution in [0.15, 0.2) is 11.6 Å². The van der Waals surface area contributed by atoms with E-state index in [1.54, 1.807) is 5.57 Å². The highest BCUT2D eigenvalue weighted by atomic mass is 16.3. The summed E-state index contributed by atoms with van der Waals surface area (Å²) < 4.78 is 0. The lowest BCUT2D eigenvalue weighted by Crippen LogP contribution is -2.51. The quantitative estimate of drug-likeness (QED) is 0.499. The van der Waals surface area contributed by atoms with Crippen LogP contribution in [0, 0.1) is 45.8 Å². The van der Waals surface area contributed by atoms with Gasteiger partial charge in [0, 0.05) is 0 Å². The van der Waals surface area contributed by atoms with Crippen molar-refractivity contribution in [1.29, 1.82) is 0 Å². The van der Waals surface area contributed by atoms with Crippen molar-refractivity contribution in [2.75, 3.05) is 0 Å². The first-order chi connectivity index (χ1) is 13.1. The van der Waals surface area contributed by atoms with E-state index in [1.165, 1.54) is 51.4 Å². The van der Waals surface area contributed by atoms with Crippen molar-refractivity contribution in [3.8, 4) is 0 Å². The van der Waals surface area contributed by atoms with Gasteiger partial charge in [-0.1, -0.05) is 59.6 Å². The molecule has 0 aromatic rings. The maximum absolute atomic E-state index is 10.2. The summed E-state index contributed by atoms with van der Waals surface area (Å²) in [5.74, 6) is 4.50. The molecule has 0 aliphatic heterocycles. The molecule has 8 unspecified atom stereocenters. The summed E-state index contributed by atoms with van der Waals surface area (Å²) in [6.45, 7) is 15.1. The summed E-state index contributed by atoms with van der Waals surface area (Å²) in [7, 11) is 0. The Bertz CT molecular complexity index is 618. The SMILES string of the molecule is CCC(C)(C)CC(C)C1CCC2C3CC=C4CC(O)CCC4(C)C3CCC12C. The number of fused-ring (bicyclic) bond motifs is 5. The zero-order chi connectivity index (χ0) is 20.3. The second-order valence-corrected chi connectivity index (χ2v) is 12.6. The molecule has 4 rings (SSSR count). The molecule has 0 bridgehead atoms. The van der Waals surface area contributed by atoms with Crippen LogP contribution in [0.2, 0.25) is 0 Å². The molecule has 0 aromatic carbocycles. The number of aliphatic hydroxyl groups excluding tert-OH is 1. The molecular weight excluding hydrogens is 340 g/mol. The van der Waals surface area contributed by atoms with E-state index in [2.05, 4.69) is 47.6 Å². The molecule has 0 amide bonds. The number of allylic oxidation sites excluding steroid dienone is 1. The zero-order valence-corrected chi connectivity index (χ0v) is 19.6. The van der Waals surface area contributed by atoms with E-state index in [0.717, 1.165) is 42.4 Å². The van der Waals surface area contributed by atoms with Gasteiger partial charge in [0.25, 0.3) is 0 Å². The lowest BCUT2D eigenvalue weighted by Gasteiger charge is -2.58. The van der Waals surface area contributed by atoms with Gasteiger partial charge in [-0.15, -0.1) is 0 Å². The van der Waals surface area contributed by atoms with Crippen molar-refractivity contribution in [2.24, 2.45) is 45.8 Å². The van der Waals surface area contributed by atoms with Gasteiger partial charge in [0.2, 0.25) is 0 Å². The third kappa shape index (κ3) is 3.23. The van der Waals surface area contributed by atoms with Gasteiger partial charge < -0.3 is 5.11 Å². The van der Waals surface area contributed by atoms with E-state index in [1.807, 2.05) is 0 Å². The predicted molar refractivity (Wildman–Crippen MR) is 119 cm³/mol. The molecule has 3 saturated carbocycles. The molecular formula is C27H46O. The van der Waals surface area contributed by atoms with E-state index in [4.69, 9.17) is 0 Å². The Hall–Kier alpha value is -0.300. The fourth-order valence-corrected chi connectivity index (χ4v) is 8.78. The first kappa shape index (κ1) is 21.0. The summed E-state index contributed by atoms with van der Waals surface area (Å²) in [5.41, 5.74) is 3.06. The lowest BCUT2D eigenvalue weighted by molar-refractivity contribution is -0.0591. The fourth-order valence-electron chi connectivity index (χ4n) is 8.78. The van der Waals surface area contributed by atoms with Gasteiger partial charge in [-0.25, -0.2) is 0 Å². The normalized spacial score (nSPS) is 47.0. The summed E-state index contributed by atoms with van der Waals surface area (Å²) in [6.07, 6.45) is 15.5. The van der Waals surface area contributed by atoms with Gasteiger partial charge in [-0.05, 0) is 104 Å². The highest BCUT2D eigenvalue weighted by Crippen LogP contribution is 2.67. The monoisotopic (exact) mass is 386 g/mol. The fraction of sp³-hybridized carbons (Fsp3) is 0.926. The molecule has 1 heteroatoms. The minimum atomic E-state index is -0.0802. The lowest BCUT2D eigenvalue weighted by atomic mass is 9.47. The highest BCUT2D eigenvalue weighted by Gasteiger charge is 2.59. The Labute approximate surface area is 174 Å². The third-order valence-electron chi connectivity index (χ3n) is 10.7. The van der Waals surface area contributed by atoms with E-state index >= 15 is 0 Å². The largest absolute Gasteiger partial charge is 0.393 e. The van der Waals surface area contributed by atoms with Crippen molar-refractivity contribution >= 4 is 0 Å². The molecule has 4 aliphatic rings. The maximum atomic E-state index is 10.2. The van der Waals surface area contributed by atoms with Crippen molar-refractivity contribution in [2.45, 2.75) is 112 Å². The van der Waals surface area contributed by atoms with Crippen LogP contribution in [0.3, 0.4) is 0 Å². The Morgan fingerprint density at radius 1 is 1.11 bits per heavy atom. The Kier molecular flexibility index (Phi) is 5.34. The van der Waals surface area contributed by atoms with E-state index in [0.29, 0.717) is 16.2 Å². The molecule has 4 aliphatic carbocycles. The molecule has 1 nitrogen and oxygen atoms in total. The molecule has 1 N–H and O–H groups in total. The molecule has 8 atom stereocenters. The minimum Gasteiger partial charge on any atom is -0.393 e. The summed E-state index contributed by atoms with van der Waals surface area (Å²) in [4.78, 5) is 0. The maximum Gasteiger partial charge on any atom is 0.0577 e. The average molecular weight is 387 g/mol. The number of hydrogen-bond donors (Lipinski definition) is 1. The summed E-state index contributed by atoms with van der Waals surface area (Å²) in [5, 5.41) is 10.2. The van der Waals surface area contributed by atoms with E-state index in [9.17, 15) is 5.11 Å². The molecule has 28 heavy (non-hydrogen) atoms. The Morgan fingerprint density at radius 3 is 2.57 bits per heavy atom. The number of rotatable bonds is 4. The van der Waals surface area contributed by atoms with Crippen LogP contribution in [-0.4, -0.2) is 11.2 Å². The molecule has 0 radical (unpaired) electrons. The molecule has 160 valence electrons. The van der Waals surface area contributed by atoms with Crippen LogP contribution in [0.4, 0.5) is 0 Å². The van der Waals surface area contributed by atoms with Crippen LogP contribution in [0.25, 0.3) is 0 Å². The van der Waals surface area contributed by atoms with Crippen molar-refractivity contribution in [3.63, 3.8) is 0 Å². The minimum absolute atomic E-state index is 0.0802. The van der Waals surface area contributed by atoms with Gasteiger partial charge in [0.15, 0.2) is 0 Å². The zero-order valence-electron chi connectivity index (χ0n) is 19.6. The third-order valence-corrected chi connectivity index (χ3v) is 10.7. The highest BCUT2D eigenvalue weighted by molar-refractivity contribution is 5.25. The standard InChI is InChI=1S/C27H46O/c1-7-25(3,4)17-18(2)22-10-11-23-21-9-8-19-16-20(28)12-14-26(19,5)24(21)13-15-27(22,23)6/h8,18,20-24,28H,7,9-17H2,1-6H3. The van der Waals surface area contributed by atoms with Crippen LogP contribution < -0.4 is 0 Å². The average Bonchev–Trinajstić information content (AvgIpc) is 2.99. The van der Waals surface area contributed by atoms with Crippen molar-refractivity contribution in [1.82, 2.24) is 0 Å². The number of hydrogen-bond acceptors (Lipinski definition) is 1. The first-order valence-electron chi connectivity index (χ1n) is 12.5. The molecule has 0 heterocycles. The van der Waals surface area contributed by atoms with Crippen LogP contribution in [-0.2, 0) is 0 Å². The molecule has 3 fully saturated rings. The van der Waals surface area contributed by atoms with E-state index in [-0.39, 0.29) is 6.10 Å². The second-order valence-electron chi connectivity index (χ2n) is 12.6. The summed E-state index contributed by atoms with van der Waals surface area (Å²) >= 11 is 0. The Morgan fingerprint density at radius 2 is 1.86 bits per heavy atom. The Balaban J connectivity index is 1.55. The van der Waals surface area contributed by atoms with Gasteiger partial charge in [0.05, 0.1) is 6.10 Å². The summed E-state index contributed by atoms with van der Waals surface area (Å²) in [6, 6.07) is 0. The van der Waals surface area contributed by atoms with Gasteiger partial charge in [-0.2, -0.15) is 0 Å². The molecule has 0 aromatic heterocycles. The van der Waals surface area contributed by atoms with Gasteiger partial charge >= 0.3 is 0 Å². The van der Waals surface area contributed by atoms with Crippen molar-refractivity contribution < 1.29 is 5.11 Å². The smallest absolute Gasteiger partial charge is 0.0577 e. The van der Waals surface area contributed by atoms with Crippen molar-refractivity contribution in [3.05, 3.63) is 11.6 Å². The first-order valence-corrected chi connectivity index (χ1v) is 12.5. The van der Waals surface area contributed by atoms with Gasteiger partial charge in [-0.3, -0.25) is 0 Å². The second kappa shape index (κ2) is 7.14. The molecule has 0 spiro atoms. The van der Waals surface area contributed by atoms with Crippen LogP contribution in [0.1, 0.15) is 106 Å². The topological polar surface area (TPSA) is 20.2 Å². The van der Waals surface area contributed by atoms with E-state index < -0.39 is 0 Å². The number of aliphatic hydroxyl groups is 1. The van der Waals surface area contributed by atoms with Crippen LogP contribution in [0.5, 0.6) is 0 Å². The van der Waals surface area contributed by atoms with Crippen LogP contribution >= 0.6 is 0 Å².